The van der Waals surface area contributed by atoms with Crippen molar-refractivity contribution in [3.63, 3.8) is 0 Å². The topological polar surface area (TPSA) is 104 Å². The Morgan fingerprint density at radius 2 is 2.11 bits per heavy atom. The number of rotatable bonds is 3. The second kappa shape index (κ2) is 5.01. The number of imide groups is 1. The van der Waals surface area contributed by atoms with Crippen LogP contribution in [0.25, 0.3) is 0 Å². The van der Waals surface area contributed by atoms with E-state index in [0.29, 0.717) is 5.82 Å². The summed E-state index contributed by atoms with van der Waals surface area (Å²) >= 11 is 0. The van der Waals surface area contributed by atoms with Gasteiger partial charge < -0.3 is 10.6 Å². The molecule has 1 aromatic rings. The first-order chi connectivity index (χ1) is 9.02. The maximum absolute atomic E-state index is 11.7. The maximum Gasteiger partial charge on any atom is 0.271 e. The van der Waals surface area contributed by atoms with Crippen LogP contribution in [0.3, 0.4) is 0 Å². The predicted octanol–water partition coefficient (Wildman–Crippen LogP) is -0.995. The Labute approximate surface area is 109 Å². The van der Waals surface area contributed by atoms with Gasteiger partial charge in [0.05, 0.1) is 6.42 Å². The Morgan fingerprint density at radius 3 is 2.58 bits per heavy atom. The van der Waals surface area contributed by atoms with Crippen molar-refractivity contribution in [3.05, 3.63) is 17.8 Å². The normalized spacial score (nSPS) is 18.6. The van der Waals surface area contributed by atoms with Gasteiger partial charge in [-0.15, -0.1) is 10.2 Å². The minimum absolute atomic E-state index is 0.0915. The van der Waals surface area contributed by atoms with E-state index < -0.39 is 6.04 Å². The van der Waals surface area contributed by atoms with Crippen molar-refractivity contribution in [2.75, 3.05) is 19.4 Å². The first-order valence-corrected chi connectivity index (χ1v) is 5.65. The van der Waals surface area contributed by atoms with Crippen molar-refractivity contribution in [2.24, 2.45) is 0 Å². The van der Waals surface area contributed by atoms with Gasteiger partial charge in [0.1, 0.15) is 11.9 Å². The quantitative estimate of drug-likeness (QED) is 0.678. The van der Waals surface area contributed by atoms with Gasteiger partial charge in [-0.2, -0.15) is 0 Å². The molecule has 8 heteroatoms. The summed E-state index contributed by atoms with van der Waals surface area (Å²) in [5.41, 5.74) is 0.180. The van der Waals surface area contributed by atoms with Crippen LogP contribution in [0.5, 0.6) is 0 Å². The molecule has 0 aliphatic carbocycles. The van der Waals surface area contributed by atoms with E-state index in [1.54, 1.807) is 0 Å². The molecule has 2 N–H and O–H groups in total. The lowest BCUT2D eigenvalue weighted by molar-refractivity contribution is -0.136. The SMILES string of the molecule is CNC(=O)c1ccc(NC2CC(=O)N(C)C2=O)nn1. The molecule has 3 amide bonds. The lowest BCUT2D eigenvalue weighted by Gasteiger charge is -2.11. The molecule has 0 spiro atoms. The number of likely N-dealkylation sites (N-methyl/N-ethyl adjacent to an activating group) is 1. The molecule has 1 aromatic heterocycles. The molecule has 1 unspecified atom stereocenters. The first-order valence-electron chi connectivity index (χ1n) is 5.65. The van der Waals surface area contributed by atoms with Crippen molar-refractivity contribution in [1.82, 2.24) is 20.4 Å². The van der Waals surface area contributed by atoms with E-state index >= 15 is 0 Å². The fourth-order valence-corrected chi connectivity index (χ4v) is 1.71. The van der Waals surface area contributed by atoms with Crippen molar-refractivity contribution in [1.29, 1.82) is 0 Å². The molecule has 1 atom stereocenters. The predicted molar refractivity (Wildman–Crippen MR) is 65.2 cm³/mol. The van der Waals surface area contributed by atoms with Crippen LogP contribution in [-0.2, 0) is 9.59 Å². The van der Waals surface area contributed by atoms with Gasteiger partial charge in [0.15, 0.2) is 5.69 Å². The minimum atomic E-state index is -0.627. The number of likely N-dealkylation sites (tertiary alicyclic amines) is 1. The van der Waals surface area contributed by atoms with Crippen LogP contribution in [0, 0.1) is 0 Å². The van der Waals surface area contributed by atoms with Crippen LogP contribution in [0.15, 0.2) is 12.1 Å². The highest BCUT2D eigenvalue weighted by Crippen LogP contribution is 2.15. The molecule has 0 saturated carbocycles. The molecule has 1 fully saturated rings. The number of amides is 3. The summed E-state index contributed by atoms with van der Waals surface area (Å²) < 4.78 is 0. The Hall–Kier alpha value is -2.51. The number of anilines is 1. The van der Waals surface area contributed by atoms with Crippen molar-refractivity contribution in [2.45, 2.75) is 12.5 Å². The molecule has 19 heavy (non-hydrogen) atoms. The zero-order valence-corrected chi connectivity index (χ0v) is 10.5. The van der Waals surface area contributed by atoms with Crippen molar-refractivity contribution >= 4 is 23.5 Å². The molecule has 2 heterocycles. The third-order valence-corrected chi connectivity index (χ3v) is 2.83. The second-order valence-electron chi connectivity index (χ2n) is 4.07. The summed E-state index contributed by atoms with van der Waals surface area (Å²) in [6, 6.07) is 2.39. The van der Waals surface area contributed by atoms with Gasteiger partial charge in [0, 0.05) is 14.1 Å². The van der Waals surface area contributed by atoms with Crippen molar-refractivity contribution in [3.8, 4) is 0 Å². The lowest BCUT2D eigenvalue weighted by atomic mass is 10.2. The highest BCUT2D eigenvalue weighted by atomic mass is 16.2. The van der Waals surface area contributed by atoms with Gasteiger partial charge >= 0.3 is 0 Å². The van der Waals surface area contributed by atoms with E-state index in [1.807, 2.05) is 0 Å². The molecule has 2 rings (SSSR count). The highest BCUT2D eigenvalue weighted by Gasteiger charge is 2.36. The fraction of sp³-hybridized carbons (Fsp3) is 0.364. The van der Waals surface area contributed by atoms with E-state index in [2.05, 4.69) is 20.8 Å². The summed E-state index contributed by atoms with van der Waals surface area (Å²) in [6.45, 7) is 0. The Morgan fingerprint density at radius 1 is 1.37 bits per heavy atom. The van der Waals surface area contributed by atoms with E-state index in [9.17, 15) is 14.4 Å². The number of nitrogens with one attached hydrogen (secondary N) is 2. The average Bonchev–Trinajstić information content (AvgIpc) is 2.66. The minimum Gasteiger partial charge on any atom is -0.356 e. The molecule has 1 aliphatic rings. The number of carbonyl (C=O) groups is 3. The van der Waals surface area contributed by atoms with Crippen LogP contribution in [0.1, 0.15) is 16.9 Å². The molecular weight excluding hydrogens is 250 g/mol. The molecule has 0 bridgehead atoms. The molecule has 0 radical (unpaired) electrons. The van der Waals surface area contributed by atoms with Gasteiger partial charge in [0.25, 0.3) is 11.8 Å². The Kier molecular flexibility index (Phi) is 3.41. The van der Waals surface area contributed by atoms with Gasteiger partial charge in [-0.05, 0) is 12.1 Å². The molecule has 8 nitrogen and oxygen atoms in total. The molecular formula is C11H13N5O3. The number of carbonyl (C=O) groups excluding carboxylic acids is 3. The number of aromatic nitrogens is 2. The van der Waals surface area contributed by atoms with Crippen molar-refractivity contribution < 1.29 is 14.4 Å². The summed E-state index contributed by atoms with van der Waals surface area (Å²) in [7, 11) is 2.93. The summed E-state index contributed by atoms with van der Waals surface area (Å²) in [6.07, 6.45) is 0.0915. The van der Waals surface area contributed by atoms with Gasteiger partial charge in [-0.25, -0.2) is 0 Å². The van der Waals surface area contributed by atoms with Gasteiger partial charge in [-0.1, -0.05) is 0 Å². The van der Waals surface area contributed by atoms with Crippen LogP contribution >= 0.6 is 0 Å². The van der Waals surface area contributed by atoms with Crippen LogP contribution in [0.2, 0.25) is 0 Å². The van der Waals surface area contributed by atoms with E-state index in [4.69, 9.17) is 0 Å². The Balaban J connectivity index is 2.06. The number of hydrogen-bond acceptors (Lipinski definition) is 6. The monoisotopic (exact) mass is 263 g/mol. The van der Waals surface area contributed by atoms with E-state index in [1.165, 1.54) is 26.2 Å². The van der Waals surface area contributed by atoms with Crippen LogP contribution in [0.4, 0.5) is 5.82 Å². The standard InChI is InChI=1S/C11H13N5O3/c1-12-10(18)6-3-4-8(15-14-6)13-7-5-9(17)16(2)11(7)19/h3-4,7H,5H2,1-2H3,(H,12,18)(H,13,15). The van der Waals surface area contributed by atoms with E-state index in [-0.39, 0.29) is 29.8 Å². The lowest BCUT2D eigenvalue weighted by Crippen LogP contribution is -2.32. The molecule has 1 saturated heterocycles. The zero-order valence-electron chi connectivity index (χ0n) is 10.5. The van der Waals surface area contributed by atoms with Gasteiger partial charge in [-0.3, -0.25) is 19.3 Å². The summed E-state index contributed by atoms with van der Waals surface area (Å²) in [5, 5.41) is 12.8. The van der Waals surface area contributed by atoms with E-state index in [0.717, 1.165) is 4.90 Å². The largest absolute Gasteiger partial charge is 0.356 e. The average molecular weight is 263 g/mol. The third-order valence-electron chi connectivity index (χ3n) is 2.83. The zero-order chi connectivity index (χ0) is 14.0. The van der Waals surface area contributed by atoms with Crippen LogP contribution < -0.4 is 10.6 Å². The first kappa shape index (κ1) is 12.9. The Bertz CT molecular complexity index is 528. The summed E-state index contributed by atoms with van der Waals surface area (Å²) in [4.78, 5) is 35.4. The number of nitrogens with zero attached hydrogens (tertiary/aromatic N) is 3. The fourth-order valence-electron chi connectivity index (χ4n) is 1.71. The molecule has 1 aliphatic heterocycles. The number of hydrogen-bond donors (Lipinski definition) is 2. The summed E-state index contributed by atoms with van der Waals surface area (Å²) in [5.74, 6) is -0.542. The maximum atomic E-state index is 11.7. The second-order valence-corrected chi connectivity index (χ2v) is 4.07. The molecule has 100 valence electrons. The smallest absolute Gasteiger partial charge is 0.271 e. The molecule has 0 aromatic carbocycles. The van der Waals surface area contributed by atoms with Crippen LogP contribution in [-0.4, -0.2) is 53.0 Å². The highest BCUT2D eigenvalue weighted by molar-refractivity contribution is 6.06. The van der Waals surface area contributed by atoms with Gasteiger partial charge in [0.2, 0.25) is 5.91 Å². The third kappa shape index (κ3) is 2.51.